The van der Waals surface area contributed by atoms with E-state index in [-0.39, 0.29) is 64.9 Å². The van der Waals surface area contributed by atoms with Crippen molar-refractivity contribution < 1.29 is 33.6 Å². The number of aliphatic hydroxyl groups excluding tert-OH is 1. The number of aliphatic hydroxyl groups is 1. The molecule has 3 aliphatic heterocycles. The van der Waals surface area contributed by atoms with Crippen LogP contribution in [-0.2, 0) is 23.7 Å². The lowest BCUT2D eigenvalue weighted by atomic mass is 9.41. The van der Waals surface area contributed by atoms with Gasteiger partial charge in [0.25, 0.3) is 0 Å². The molecule has 3 saturated heterocycles. The third-order valence-electron chi connectivity index (χ3n) is 17.2. The van der Waals surface area contributed by atoms with E-state index in [9.17, 15) is 14.7 Å². The number of nitrogens with zero attached hydrogens (tertiary/aromatic N) is 2. The van der Waals surface area contributed by atoms with Crippen LogP contribution in [0.25, 0.3) is 0 Å². The van der Waals surface area contributed by atoms with Gasteiger partial charge >= 0.3 is 6.09 Å². The third kappa shape index (κ3) is 4.68. The Kier molecular flexibility index (Phi) is 7.70. The number of carbonyl (C=O) groups excluding carboxylic acids is 2. The number of hydrogen-bond donors (Lipinski definition) is 1. The number of ether oxygens (including phenoxy) is 4. The summed E-state index contributed by atoms with van der Waals surface area (Å²) in [4.78, 5) is 29.1. The van der Waals surface area contributed by atoms with Crippen molar-refractivity contribution in [3.05, 3.63) is 0 Å². The molecule has 9 nitrogen and oxygen atoms in total. The highest BCUT2D eigenvalue weighted by Crippen LogP contribution is 2.89. The molecule has 2 spiro atoms. The highest BCUT2D eigenvalue weighted by molar-refractivity contribution is 5.76. The van der Waals surface area contributed by atoms with E-state index < -0.39 is 6.10 Å². The maximum atomic E-state index is 12.9. The van der Waals surface area contributed by atoms with Crippen LogP contribution < -0.4 is 0 Å². The largest absolute Gasteiger partial charge is 0.447 e. The topological polar surface area (TPSA) is 97.8 Å². The van der Waals surface area contributed by atoms with Crippen molar-refractivity contribution in [2.75, 3.05) is 39.4 Å². The lowest BCUT2D eigenvalue weighted by molar-refractivity contribution is -0.248. The summed E-state index contributed by atoms with van der Waals surface area (Å²) in [5.41, 5.74) is 0.412. The normalized spacial score (nSPS) is 50.9. The fourth-order valence-corrected chi connectivity index (χ4v) is 14.3. The number of morpholine rings is 1. The zero-order valence-corrected chi connectivity index (χ0v) is 30.8. The molecule has 274 valence electrons. The van der Waals surface area contributed by atoms with Gasteiger partial charge in [-0.25, -0.2) is 4.79 Å². The standard InChI is InChI=1S/C40H62N2O7/c1-24-19-26(22-47-35(45)41-15-6-16-41)48-33-32(24)37(4)13-14-40-23-39(40)12-11-29(36(2,3)27(39)9-10-28(40)38(37,5)34(33)44)49-31-21-42(17-18-46-31)30(43)20-25-7-8-25/h24-29,31-34,44H,6-23H2,1-5H3/t24-,26?,27+,28?,29?,31+,32+,33?,34+,37?,38-,39?,40?/m1/s1. The summed E-state index contributed by atoms with van der Waals surface area (Å²) in [6.45, 7) is 15.8. The Morgan fingerprint density at radius 1 is 0.918 bits per heavy atom. The van der Waals surface area contributed by atoms with Crippen molar-refractivity contribution in [3.63, 3.8) is 0 Å². The Morgan fingerprint density at radius 2 is 1.67 bits per heavy atom. The molecule has 13 atom stereocenters. The van der Waals surface area contributed by atoms with Gasteiger partial charge in [0.1, 0.15) is 6.61 Å². The SMILES string of the molecule is C[C@@H]1CC(COC(=O)N2CCC2)OC2[C@H]1C1(C)CCC34CC35CCC(O[C@H]3CN(C(=O)CC6CC6)CCO3)C(C)(C)[C@@H]5CCC4[C@]1(C)[C@H]2O. The van der Waals surface area contributed by atoms with Gasteiger partial charge in [-0.1, -0.05) is 34.6 Å². The number of fused-ring (bicyclic) bond motifs is 4. The van der Waals surface area contributed by atoms with Gasteiger partial charge in [0.2, 0.25) is 5.91 Å². The smallest absolute Gasteiger partial charge is 0.409 e. The number of amides is 2. The molecule has 0 radical (unpaired) electrons. The van der Waals surface area contributed by atoms with Gasteiger partial charge in [-0.3, -0.25) is 4.79 Å². The lowest BCUT2D eigenvalue weighted by Crippen LogP contribution is -2.60. The molecule has 0 bridgehead atoms. The number of rotatable bonds is 6. The highest BCUT2D eigenvalue weighted by atomic mass is 16.7. The van der Waals surface area contributed by atoms with E-state index >= 15 is 0 Å². The summed E-state index contributed by atoms with van der Waals surface area (Å²) in [6, 6.07) is 0. The first kappa shape index (κ1) is 33.4. The molecule has 49 heavy (non-hydrogen) atoms. The van der Waals surface area contributed by atoms with Gasteiger partial charge in [-0.2, -0.15) is 0 Å². The second-order valence-corrected chi connectivity index (χ2v) is 19.5. The van der Waals surface area contributed by atoms with Crippen LogP contribution in [0.3, 0.4) is 0 Å². The molecule has 6 saturated carbocycles. The van der Waals surface area contributed by atoms with Crippen LogP contribution >= 0.6 is 0 Å². The molecule has 9 heteroatoms. The van der Waals surface area contributed by atoms with Crippen molar-refractivity contribution in [2.45, 2.75) is 142 Å². The predicted molar refractivity (Wildman–Crippen MR) is 182 cm³/mol. The molecule has 3 heterocycles. The van der Waals surface area contributed by atoms with Crippen molar-refractivity contribution >= 4 is 12.0 Å². The van der Waals surface area contributed by atoms with E-state index in [1.807, 2.05) is 4.90 Å². The zero-order valence-electron chi connectivity index (χ0n) is 30.8. The van der Waals surface area contributed by atoms with Crippen LogP contribution in [0.15, 0.2) is 0 Å². The van der Waals surface area contributed by atoms with Crippen LogP contribution in [0.2, 0.25) is 0 Å². The molecule has 9 rings (SSSR count). The Bertz CT molecular complexity index is 1350. The van der Waals surface area contributed by atoms with E-state index in [4.69, 9.17) is 18.9 Å². The summed E-state index contributed by atoms with van der Waals surface area (Å²) in [6.07, 6.45) is 11.9. The summed E-state index contributed by atoms with van der Waals surface area (Å²) < 4.78 is 25.5. The van der Waals surface area contributed by atoms with Crippen LogP contribution in [0.5, 0.6) is 0 Å². The van der Waals surface area contributed by atoms with Crippen molar-refractivity contribution in [2.24, 2.45) is 56.7 Å². The third-order valence-corrected chi connectivity index (χ3v) is 17.2. The fourth-order valence-electron chi connectivity index (χ4n) is 14.3. The van der Waals surface area contributed by atoms with E-state index in [1.54, 1.807) is 4.90 Å². The maximum absolute atomic E-state index is 12.9. The molecule has 7 unspecified atom stereocenters. The Morgan fingerprint density at radius 3 is 2.41 bits per heavy atom. The van der Waals surface area contributed by atoms with Gasteiger partial charge in [-0.15, -0.1) is 0 Å². The van der Waals surface area contributed by atoms with E-state index in [0.717, 1.165) is 45.2 Å². The maximum Gasteiger partial charge on any atom is 0.409 e. The lowest BCUT2D eigenvalue weighted by Gasteiger charge is -2.64. The second-order valence-electron chi connectivity index (χ2n) is 19.5. The Hall–Kier alpha value is -1.42. The quantitative estimate of drug-likeness (QED) is 0.367. The predicted octanol–water partition coefficient (Wildman–Crippen LogP) is 6.01. The van der Waals surface area contributed by atoms with Gasteiger partial charge in [0.15, 0.2) is 6.29 Å². The first-order chi connectivity index (χ1) is 23.3. The van der Waals surface area contributed by atoms with Crippen LogP contribution in [0, 0.1) is 56.7 Å². The Labute approximate surface area is 293 Å². The molecule has 2 amide bonds. The fraction of sp³-hybridized carbons (Fsp3) is 0.950. The zero-order chi connectivity index (χ0) is 34.1. The first-order valence-corrected chi connectivity index (χ1v) is 20.1. The number of likely N-dealkylation sites (tertiary alicyclic amines) is 1. The molecule has 9 aliphatic rings. The number of hydrogen-bond acceptors (Lipinski definition) is 7. The molecule has 1 N–H and O–H groups in total. The molecular formula is C40H62N2O7. The molecule has 0 aromatic rings. The van der Waals surface area contributed by atoms with Gasteiger partial charge < -0.3 is 33.9 Å². The van der Waals surface area contributed by atoms with Crippen LogP contribution in [0.1, 0.15) is 112 Å². The van der Waals surface area contributed by atoms with Crippen molar-refractivity contribution in [1.29, 1.82) is 0 Å². The summed E-state index contributed by atoms with van der Waals surface area (Å²) >= 11 is 0. The minimum atomic E-state index is -0.517. The van der Waals surface area contributed by atoms with E-state index in [2.05, 4.69) is 34.6 Å². The monoisotopic (exact) mass is 682 g/mol. The average Bonchev–Trinajstić information content (AvgIpc) is 3.96. The Balaban J connectivity index is 0.902. The average molecular weight is 683 g/mol. The summed E-state index contributed by atoms with van der Waals surface area (Å²) in [5.74, 6) is 2.65. The minimum absolute atomic E-state index is 0.0125. The van der Waals surface area contributed by atoms with E-state index in [0.29, 0.717) is 61.1 Å². The van der Waals surface area contributed by atoms with Crippen molar-refractivity contribution in [3.8, 4) is 0 Å². The minimum Gasteiger partial charge on any atom is -0.447 e. The van der Waals surface area contributed by atoms with E-state index in [1.165, 1.54) is 38.5 Å². The molecule has 9 fully saturated rings. The number of carbonyl (C=O) groups is 2. The summed E-state index contributed by atoms with van der Waals surface area (Å²) in [7, 11) is 0. The van der Waals surface area contributed by atoms with Crippen molar-refractivity contribution in [1.82, 2.24) is 9.80 Å². The van der Waals surface area contributed by atoms with Crippen LogP contribution in [0.4, 0.5) is 4.79 Å². The molecular weight excluding hydrogens is 620 g/mol. The van der Waals surface area contributed by atoms with Gasteiger partial charge in [-0.05, 0) is 122 Å². The molecule has 0 aromatic carbocycles. The van der Waals surface area contributed by atoms with Gasteiger partial charge in [0, 0.05) is 31.5 Å². The second kappa shape index (κ2) is 11.3. The van der Waals surface area contributed by atoms with Crippen LogP contribution in [-0.4, -0.2) is 97.0 Å². The highest BCUT2D eigenvalue weighted by Gasteiger charge is 2.84. The van der Waals surface area contributed by atoms with Gasteiger partial charge in [0.05, 0.1) is 37.6 Å². The summed E-state index contributed by atoms with van der Waals surface area (Å²) in [5, 5.41) is 12.5. The molecule has 0 aromatic heterocycles. The first-order valence-electron chi connectivity index (χ1n) is 20.1. The molecule has 6 aliphatic carbocycles.